The quantitative estimate of drug-likeness (QED) is 0.331. The highest BCUT2D eigenvalue weighted by atomic mass is 19.4. The number of anilines is 2. The van der Waals surface area contributed by atoms with Crippen molar-refractivity contribution in [3.8, 4) is 11.3 Å². The molecule has 1 saturated carbocycles. The molecule has 1 fully saturated rings. The maximum absolute atomic E-state index is 13.0. The number of halogens is 3. The molecule has 2 aromatic carbocycles. The van der Waals surface area contributed by atoms with Gasteiger partial charge in [0.15, 0.2) is 5.82 Å². The van der Waals surface area contributed by atoms with Gasteiger partial charge in [-0.1, -0.05) is 24.3 Å². The molecule has 0 aliphatic heterocycles. The van der Waals surface area contributed by atoms with E-state index in [1.54, 1.807) is 24.0 Å². The van der Waals surface area contributed by atoms with Gasteiger partial charge < -0.3 is 16.4 Å². The van der Waals surface area contributed by atoms with E-state index in [1.807, 2.05) is 18.2 Å². The number of benzene rings is 2. The fourth-order valence-corrected chi connectivity index (χ4v) is 4.74. The zero-order valence-electron chi connectivity index (χ0n) is 20.8. The summed E-state index contributed by atoms with van der Waals surface area (Å²) in [6, 6.07) is 12.8. The van der Waals surface area contributed by atoms with Gasteiger partial charge in [-0.3, -0.25) is 9.48 Å². The maximum atomic E-state index is 13.0. The zero-order chi connectivity index (χ0) is 26.9. The third kappa shape index (κ3) is 5.94. The van der Waals surface area contributed by atoms with E-state index in [1.165, 1.54) is 12.1 Å². The second kappa shape index (κ2) is 10.4. The van der Waals surface area contributed by atoms with Gasteiger partial charge in [0.2, 0.25) is 11.9 Å². The van der Waals surface area contributed by atoms with Crippen LogP contribution in [0, 0.1) is 0 Å². The lowest BCUT2D eigenvalue weighted by molar-refractivity contribution is -0.137. The minimum atomic E-state index is -4.46. The van der Waals surface area contributed by atoms with Crippen LogP contribution in [0.25, 0.3) is 22.2 Å². The van der Waals surface area contributed by atoms with Gasteiger partial charge in [-0.2, -0.15) is 18.3 Å². The summed E-state index contributed by atoms with van der Waals surface area (Å²) >= 11 is 0. The van der Waals surface area contributed by atoms with Crippen LogP contribution < -0.4 is 16.4 Å². The molecule has 38 heavy (non-hydrogen) atoms. The number of nitrogens with zero attached hydrogens (tertiary/aromatic N) is 4. The van der Waals surface area contributed by atoms with Crippen molar-refractivity contribution >= 4 is 28.6 Å². The summed E-state index contributed by atoms with van der Waals surface area (Å²) in [5, 5.41) is 11.3. The first-order chi connectivity index (χ1) is 18.1. The van der Waals surface area contributed by atoms with Crippen molar-refractivity contribution < 1.29 is 18.0 Å². The lowest BCUT2D eigenvalue weighted by Gasteiger charge is -2.26. The highest BCUT2D eigenvalue weighted by Crippen LogP contribution is 2.30. The number of nitrogens with two attached hydrogens (primary N) is 1. The molecule has 11 heteroatoms. The molecule has 0 unspecified atom stereocenters. The largest absolute Gasteiger partial charge is 0.416 e. The van der Waals surface area contributed by atoms with Crippen molar-refractivity contribution in [2.24, 2.45) is 12.8 Å². The van der Waals surface area contributed by atoms with E-state index < -0.39 is 17.6 Å². The standard InChI is InChI=1S/C27H28F3N7O/c1-37-23(14-24(36-37)35-25(38)12-16-3-2-4-19(11-16)27(28,29)30)17-5-10-22-18(13-17)15-32-26(34-22)33-21-8-6-20(31)7-9-21/h2-5,10-11,13-15,20-21H,6-9,12,31H2,1H3,(H,32,33,34)(H,35,36,38)/t20-,21-. The number of carbonyl (C=O) groups is 1. The molecular weight excluding hydrogens is 495 g/mol. The van der Waals surface area contributed by atoms with Gasteiger partial charge in [-0.25, -0.2) is 9.97 Å². The average Bonchev–Trinajstić information content (AvgIpc) is 3.24. The van der Waals surface area contributed by atoms with E-state index in [9.17, 15) is 18.0 Å². The molecule has 0 radical (unpaired) electrons. The first-order valence-electron chi connectivity index (χ1n) is 12.4. The van der Waals surface area contributed by atoms with Crippen LogP contribution in [0.1, 0.15) is 36.8 Å². The van der Waals surface area contributed by atoms with Crippen LogP contribution in [0.2, 0.25) is 0 Å². The highest BCUT2D eigenvalue weighted by molar-refractivity contribution is 5.92. The van der Waals surface area contributed by atoms with Crippen molar-refractivity contribution in [3.05, 3.63) is 65.9 Å². The summed E-state index contributed by atoms with van der Waals surface area (Å²) < 4.78 is 40.5. The van der Waals surface area contributed by atoms with Gasteiger partial charge in [-0.05, 0) is 49.4 Å². The summed E-state index contributed by atoms with van der Waals surface area (Å²) in [6.45, 7) is 0. The SMILES string of the molecule is Cn1nc(NC(=O)Cc2cccc(C(F)(F)F)c2)cc1-c1ccc2nc(N[C@H]3CC[C@H](N)CC3)ncc2c1. The Morgan fingerprint density at radius 1 is 1.11 bits per heavy atom. The smallest absolute Gasteiger partial charge is 0.351 e. The number of aromatic nitrogens is 4. The first kappa shape index (κ1) is 25.7. The predicted molar refractivity (Wildman–Crippen MR) is 139 cm³/mol. The Morgan fingerprint density at radius 3 is 2.66 bits per heavy atom. The first-order valence-corrected chi connectivity index (χ1v) is 12.4. The van der Waals surface area contributed by atoms with Crippen LogP contribution in [0.4, 0.5) is 24.9 Å². The molecule has 5 rings (SSSR count). The van der Waals surface area contributed by atoms with Gasteiger partial charge in [0.25, 0.3) is 0 Å². The van der Waals surface area contributed by atoms with E-state index in [0.717, 1.165) is 60.0 Å². The van der Waals surface area contributed by atoms with Gasteiger partial charge in [0.1, 0.15) is 0 Å². The second-order valence-corrected chi connectivity index (χ2v) is 9.68. The monoisotopic (exact) mass is 523 g/mol. The van der Waals surface area contributed by atoms with E-state index in [4.69, 9.17) is 5.73 Å². The molecule has 0 saturated heterocycles. The van der Waals surface area contributed by atoms with E-state index in [2.05, 4.69) is 25.7 Å². The fourth-order valence-electron chi connectivity index (χ4n) is 4.74. The third-order valence-electron chi connectivity index (χ3n) is 6.75. The molecular formula is C27H28F3N7O. The van der Waals surface area contributed by atoms with Gasteiger partial charge in [0.05, 0.1) is 23.2 Å². The molecule has 2 aromatic heterocycles. The Labute approximate surface area is 217 Å². The molecule has 8 nitrogen and oxygen atoms in total. The Hall–Kier alpha value is -3.99. The molecule has 0 atom stereocenters. The molecule has 4 aromatic rings. The number of rotatable bonds is 6. The number of nitrogens with one attached hydrogen (secondary N) is 2. The number of hydrogen-bond acceptors (Lipinski definition) is 6. The summed E-state index contributed by atoms with van der Waals surface area (Å²) in [7, 11) is 1.75. The Kier molecular flexibility index (Phi) is 7.02. The van der Waals surface area contributed by atoms with Crippen LogP contribution in [0.15, 0.2) is 54.7 Å². The van der Waals surface area contributed by atoms with Crippen LogP contribution in [-0.2, 0) is 24.4 Å². The van der Waals surface area contributed by atoms with E-state index in [0.29, 0.717) is 17.8 Å². The Bertz CT molecular complexity index is 1460. The zero-order valence-corrected chi connectivity index (χ0v) is 20.8. The van der Waals surface area contributed by atoms with Crippen molar-refractivity contribution in [2.45, 2.75) is 50.4 Å². The van der Waals surface area contributed by atoms with Crippen LogP contribution in [0.5, 0.6) is 0 Å². The highest BCUT2D eigenvalue weighted by Gasteiger charge is 2.30. The lowest BCUT2D eigenvalue weighted by Crippen LogP contribution is -2.33. The summed E-state index contributed by atoms with van der Waals surface area (Å²) in [5.74, 6) is 0.445. The topological polar surface area (TPSA) is 111 Å². The van der Waals surface area contributed by atoms with Crippen molar-refractivity contribution in [1.29, 1.82) is 0 Å². The Morgan fingerprint density at radius 2 is 1.89 bits per heavy atom. The number of alkyl halides is 3. The van der Waals surface area contributed by atoms with Gasteiger partial charge in [0, 0.05) is 42.3 Å². The summed E-state index contributed by atoms with van der Waals surface area (Å²) in [5.41, 5.74) is 7.88. The lowest BCUT2D eigenvalue weighted by atomic mass is 9.92. The van der Waals surface area contributed by atoms with Gasteiger partial charge >= 0.3 is 6.18 Å². The average molecular weight is 524 g/mol. The van der Waals surface area contributed by atoms with Crippen LogP contribution in [0.3, 0.4) is 0 Å². The molecule has 1 aliphatic carbocycles. The molecule has 1 aliphatic rings. The Balaban J connectivity index is 1.27. The predicted octanol–water partition coefficient (Wildman–Crippen LogP) is 4.91. The number of carbonyl (C=O) groups excluding carboxylic acids is 1. The third-order valence-corrected chi connectivity index (χ3v) is 6.75. The number of amides is 1. The maximum Gasteiger partial charge on any atom is 0.416 e. The molecule has 4 N–H and O–H groups in total. The summed E-state index contributed by atoms with van der Waals surface area (Å²) in [4.78, 5) is 21.6. The minimum Gasteiger partial charge on any atom is -0.351 e. The van der Waals surface area contributed by atoms with Crippen LogP contribution >= 0.6 is 0 Å². The van der Waals surface area contributed by atoms with Crippen molar-refractivity contribution in [2.75, 3.05) is 10.6 Å². The molecule has 2 heterocycles. The van der Waals surface area contributed by atoms with E-state index >= 15 is 0 Å². The van der Waals surface area contributed by atoms with Gasteiger partial charge in [-0.15, -0.1) is 0 Å². The normalized spacial score (nSPS) is 17.9. The van der Waals surface area contributed by atoms with E-state index in [-0.39, 0.29) is 18.0 Å². The molecule has 0 bridgehead atoms. The molecule has 198 valence electrons. The number of aryl methyl sites for hydroxylation is 1. The summed E-state index contributed by atoms with van der Waals surface area (Å²) in [6.07, 6.45) is 1.10. The van der Waals surface area contributed by atoms with Crippen LogP contribution in [-0.4, -0.2) is 37.7 Å². The second-order valence-electron chi connectivity index (χ2n) is 9.68. The minimum absolute atomic E-state index is 0.201. The molecule has 1 amide bonds. The van der Waals surface area contributed by atoms with Crippen molar-refractivity contribution in [1.82, 2.24) is 19.7 Å². The number of hydrogen-bond donors (Lipinski definition) is 3. The van der Waals surface area contributed by atoms with Crippen molar-refractivity contribution in [3.63, 3.8) is 0 Å². The fraction of sp³-hybridized carbons (Fsp3) is 0.333. The molecule has 0 spiro atoms. The number of fused-ring (bicyclic) bond motifs is 1.